The van der Waals surface area contributed by atoms with Crippen molar-refractivity contribution < 1.29 is 9.59 Å². The van der Waals surface area contributed by atoms with Crippen molar-refractivity contribution in [3.05, 3.63) is 0 Å². The summed E-state index contributed by atoms with van der Waals surface area (Å²) in [6.07, 6.45) is 4.21. The second-order valence-corrected chi connectivity index (χ2v) is 6.09. The second-order valence-electron chi connectivity index (χ2n) is 5.18. The van der Waals surface area contributed by atoms with E-state index in [-0.39, 0.29) is 23.9 Å². The number of nitrogens with zero attached hydrogens (tertiary/aromatic N) is 1. The van der Waals surface area contributed by atoms with Gasteiger partial charge >= 0.3 is 0 Å². The van der Waals surface area contributed by atoms with Crippen LogP contribution in [0.15, 0.2) is 0 Å². The average Bonchev–Trinajstić information content (AvgIpc) is 2.42. The number of hydrogen-bond acceptors (Lipinski definition) is 3. The van der Waals surface area contributed by atoms with E-state index in [9.17, 15) is 9.59 Å². The molecule has 2 atom stereocenters. The van der Waals surface area contributed by atoms with Crippen LogP contribution in [0.5, 0.6) is 0 Å². The fraction of sp³-hybridized carbons (Fsp3) is 0.857. The van der Waals surface area contributed by atoms with Crippen molar-refractivity contribution in [1.29, 1.82) is 0 Å². The molecule has 5 heteroatoms. The minimum Gasteiger partial charge on any atom is -0.340 e. The fourth-order valence-electron chi connectivity index (χ4n) is 2.74. The van der Waals surface area contributed by atoms with Crippen molar-refractivity contribution in [3.63, 3.8) is 0 Å². The lowest BCUT2D eigenvalue weighted by Crippen LogP contribution is -2.71. The van der Waals surface area contributed by atoms with E-state index in [1.165, 1.54) is 0 Å². The molecule has 4 nitrogen and oxygen atoms in total. The Labute approximate surface area is 120 Å². The summed E-state index contributed by atoms with van der Waals surface area (Å²) in [6, 6.07) is -0.225. The van der Waals surface area contributed by atoms with Crippen LogP contribution in [0.2, 0.25) is 0 Å². The number of piperazine rings is 1. The molecular formula is C14H26N2O2S. The lowest BCUT2D eigenvalue weighted by atomic mass is 9.86. The first-order valence-corrected chi connectivity index (χ1v) is 8.50. The van der Waals surface area contributed by atoms with E-state index >= 15 is 0 Å². The van der Waals surface area contributed by atoms with Gasteiger partial charge in [-0.1, -0.05) is 20.8 Å². The Balaban J connectivity index is 3.11. The first-order chi connectivity index (χ1) is 8.97. The summed E-state index contributed by atoms with van der Waals surface area (Å²) in [4.78, 5) is 26.9. The fourth-order valence-corrected chi connectivity index (χ4v) is 3.52. The molecule has 1 fully saturated rings. The number of carbonyl (C=O) groups excluding carboxylic acids is 2. The Morgan fingerprint density at radius 3 is 2.32 bits per heavy atom. The molecule has 0 radical (unpaired) electrons. The molecule has 2 amide bonds. The van der Waals surface area contributed by atoms with E-state index < -0.39 is 5.54 Å². The predicted octanol–water partition coefficient (Wildman–Crippen LogP) is 2.03. The highest BCUT2D eigenvalue weighted by Crippen LogP contribution is 2.28. The maximum atomic E-state index is 12.8. The average molecular weight is 286 g/mol. The molecule has 1 heterocycles. The van der Waals surface area contributed by atoms with Gasteiger partial charge in [-0.25, -0.2) is 0 Å². The minimum absolute atomic E-state index is 0.0251. The van der Waals surface area contributed by atoms with Gasteiger partial charge in [0.2, 0.25) is 11.8 Å². The van der Waals surface area contributed by atoms with Crippen LogP contribution >= 0.6 is 11.8 Å². The third kappa shape index (κ3) is 2.91. The van der Waals surface area contributed by atoms with E-state index in [1.807, 2.05) is 31.9 Å². The molecule has 0 aromatic carbocycles. The highest BCUT2D eigenvalue weighted by Gasteiger charge is 2.48. The van der Waals surface area contributed by atoms with Crippen LogP contribution < -0.4 is 5.32 Å². The molecule has 1 saturated heterocycles. The number of amides is 2. The molecule has 1 rings (SSSR count). The molecule has 1 aliphatic rings. The topological polar surface area (TPSA) is 49.4 Å². The summed E-state index contributed by atoms with van der Waals surface area (Å²) in [6.45, 7) is 7.83. The first kappa shape index (κ1) is 16.3. The molecule has 0 bridgehead atoms. The molecule has 0 saturated carbocycles. The van der Waals surface area contributed by atoms with Gasteiger partial charge in [-0.2, -0.15) is 11.8 Å². The van der Waals surface area contributed by atoms with Crippen LogP contribution in [0.1, 0.15) is 47.0 Å². The van der Waals surface area contributed by atoms with Crippen molar-refractivity contribution in [1.82, 2.24) is 10.2 Å². The lowest BCUT2D eigenvalue weighted by Gasteiger charge is -2.47. The molecule has 0 aromatic heterocycles. The predicted molar refractivity (Wildman–Crippen MR) is 80.2 cm³/mol. The van der Waals surface area contributed by atoms with Crippen LogP contribution in [0.4, 0.5) is 0 Å². The van der Waals surface area contributed by atoms with Gasteiger partial charge in [0.15, 0.2) is 0 Å². The van der Waals surface area contributed by atoms with Crippen LogP contribution in [0.25, 0.3) is 0 Å². The maximum absolute atomic E-state index is 12.8. The van der Waals surface area contributed by atoms with Crippen molar-refractivity contribution in [3.8, 4) is 0 Å². The van der Waals surface area contributed by atoms with Crippen LogP contribution in [-0.2, 0) is 9.59 Å². The molecule has 0 aliphatic carbocycles. The Hall–Kier alpha value is -0.710. The quantitative estimate of drug-likeness (QED) is 0.813. The van der Waals surface area contributed by atoms with Crippen molar-refractivity contribution >= 4 is 23.6 Å². The van der Waals surface area contributed by atoms with Crippen molar-refractivity contribution in [2.75, 3.05) is 12.0 Å². The van der Waals surface area contributed by atoms with Gasteiger partial charge in [-0.15, -0.1) is 0 Å². The van der Waals surface area contributed by atoms with Crippen LogP contribution in [0.3, 0.4) is 0 Å². The van der Waals surface area contributed by atoms with E-state index in [1.54, 1.807) is 11.8 Å². The SMILES string of the molecule is CCC(CSC)N1C(=O)C(CC)(CC)NC(=O)C1C. The molecule has 2 unspecified atom stereocenters. The first-order valence-electron chi connectivity index (χ1n) is 7.11. The van der Waals surface area contributed by atoms with Gasteiger partial charge in [0.1, 0.15) is 11.6 Å². The number of thioether (sulfide) groups is 1. The van der Waals surface area contributed by atoms with E-state index in [0.717, 1.165) is 12.2 Å². The number of rotatable bonds is 6. The Morgan fingerprint density at radius 1 is 1.32 bits per heavy atom. The Kier molecular flexibility index (Phi) is 5.71. The number of hydrogen-bond donors (Lipinski definition) is 1. The Morgan fingerprint density at radius 2 is 1.89 bits per heavy atom. The summed E-state index contributed by atoms with van der Waals surface area (Å²) < 4.78 is 0. The maximum Gasteiger partial charge on any atom is 0.249 e. The van der Waals surface area contributed by atoms with Gasteiger partial charge < -0.3 is 10.2 Å². The number of carbonyl (C=O) groups is 2. The molecule has 1 aliphatic heterocycles. The summed E-state index contributed by atoms with van der Waals surface area (Å²) >= 11 is 1.72. The highest BCUT2D eigenvalue weighted by atomic mass is 32.2. The normalized spacial score (nSPS) is 24.3. The van der Waals surface area contributed by atoms with Gasteiger partial charge in [0.05, 0.1) is 0 Å². The zero-order valence-electron chi connectivity index (χ0n) is 12.7. The van der Waals surface area contributed by atoms with Gasteiger partial charge in [0.25, 0.3) is 0 Å². The van der Waals surface area contributed by atoms with Gasteiger partial charge in [-0.3, -0.25) is 9.59 Å². The zero-order valence-corrected chi connectivity index (χ0v) is 13.5. The van der Waals surface area contributed by atoms with Crippen LogP contribution in [0, 0.1) is 0 Å². The van der Waals surface area contributed by atoms with Gasteiger partial charge in [-0.05, 0) is 32.4 Å². The van der Waals surface area contributed by atoms with Crippen LogP contribution in [-0.4, -0.2) is 46.3 Å². The molecule has 0 aromatic rings. The highest BCUT2D eigenvalue weighted by molar-refractivity contribution is 7.98. The monoisotopic (exact) mass is 286 g/mol. The third-order valence-corrected chi connectivity index (χ3v) is 4.95. The van der Waals surface area contributed by atoms with Crippen molar-refractivity contribution in [2.45, 2.75) is 64.6 Å². The largest absolute Gasteiger partial charge is 0.340 e. The standard InChI is InChI=1S/C14H26N2O2S/c1-6-11(9-19-5)16-10(4)12(17)15-14(7-2,8-3)13(16)18/h10-11H,6-9H2,1-5H3,(H,15,17). The molecule has 0 spiro atoms. The molecule has 1 N–H and O–H groups in total. The minimum atomic E-state index is -0.699. The zero-order chi connectivity index (χ0) is 14.6. The third-order valence-electron chi connectivity index (χ3n) is 4.23. The van der Waals surface area contributed by atoms with E-state index in [0.29, 0.717) is 12.8 Å². The summed E-state index contributed by atoms with van der Waals surface area (Å²) in [5, 5.41) is 2.94. The smallest absolute Gasteiger partial charge is 0.249 e. The Bertz CT molecular complexity index is 342. The molecule has 19 heavy (non-hydrogen) atoms. The van der Waals surface area contributed by atoms with Crippen molar-refractivity contribution in [2.24, 2.45) is 0 Å². The lowest BCUT2D eigenvalue weighted by molar-refractivity contribution is -0.157. The summed E-state index contributed by atoms with van der Waals surface area (Å²) in [7, 11) is 0. The summed E-state index contributed by atoms with van der Waals surface area (Å²) in [5.41, 5.74) is -0.699. The van der Waals surface area contributed by atoms with E-state index in [2.05, 4.69) is 12.2 Å². The van der Waals surface area contributed by atoms with E-state index in [4.69, 9.17) is 0 Å². The molecular weight excluding hydrogens is 260 g/mol. The number of nitrogens with one attached hydrogen (secondary N) is 1. The second kappa shape index (κ2) is 6.64. The van der Waals surface area contributed by atoms with Gasteiger partial charge in [0, 0.05) is 11.8 Å². The summed E-state index contributed by atoms with van der Waals surface area (Å²) in [5.74, 6) is 0.942. The molecule has 110 valence electrons.